The number of halogens is 6. The molecular weight excluding hydrogens is 630 g/mol. The molecule has 234 valence electrons. The standard InChI is InChI=1S/C24H24F6N6O5S2/c1-42(38,39)34-17-4-2-3-15(11-17)19-12-16(22(37,23(25,26)27)24(28,29)30)13-33-21(19)35-7-9-36(10-8-35)43(40,41)18-5-6-20(31)32-14-18/h2-6,11-14,34,37H,7-10H2,1H3,(H2,31,32). The van der Waals surface area contributed by atoms with Gasteiger partial charge in [-0.05, 0) is 35.9 Å². The van der Waals surface area contributed by atoms with Crippen LogP contribution >= 0.6 is 0 Å². The van der Waals surface area contributed by atoms with Crippen molar-refractivity contribution in [1.29, 1.82) is 0 Å². The molecule has 1 aliphatic rings. The molecule has 0 radical (unpaired) electrons. The van der Waals surface area contributed by atoms with Gasteiger partial charge in [-0.15, -0.1) is 0 Å². The molecule has 4 N–H and O–H groups in total. The van der Waals surface area contributed by atoms with E-state index in [0.29, 0.717) is 6.07 Å². The first-order chi connectivity index (χ1) is 19.7. The largest absolute Gasteiger partial charge is 0.430 e. The Hall–Kier alpha value is -3.68. The molecule has 0 bridgehead atoms. The number of nitrogens with zero attached hydrogens (tertiary/aromatic N) is 4. The molecule has 1 saturated heterocycles. The van der Waals surface area contributed by atoms with Crippen molar-refractivity contribution in [2.45, 2.75) is 22.8 Å². The fourth-order valence-electron chi connectivity index (χ4n) is 4.41. The summed E-state index contributed by atoms with van der Waals surface area (Å²) in [5.41, 5.74) is -1.77. The van der Waals surface area contributed by atoms with Gasteiger partial charge in [0, 0.05) is 55.4 Å². The number of sulfonamides is 2. The zero-order valence-electron chi connectivity index (χ0n) is 22.1. The van der Waals surface area contributed by atoms with Crippen LogP contribution in [0, 0.1) is 0 Å². The Morgan fingerprint density at radius 2 is 1.51 bits per heavy atom. The van der Waals surface area contributed by atoms with Crippen LogP contribution in [0.2, 0.25) is 0 Å². The summed E-state index contributed by atoms with van der Waals surface area (Å²) in [6, 6.07) is 8.13. The summed E-state index contributed by atoms with van der Waals surface area (Å²) < 4.78 is 135. The Morgan fingerprint density at radius 1 is 0.884 bits per heavy atom. The highest BCUT2D eigenvalue weighted by atomic mass is 32.2. The number of pyridine rings is 2. The van der Waals surface area contributed by atoms with E-state index in [-0.39, 0.29) is 65.7 Å². The van der Waals surface area contributed by atoms with E-state index < -0.39 is 43.6 Å². The Balaban J connectivity index is 1.77. The highest BCUT2D eigenvalue weighted by molar-refractivity contribution is 7.92. The first kappa shape index (κ1) is 32.2. The van der Waals surface area contributed by atoms with Crippen molar-refractivity contribution in [2.24, 2.45) is 0 Å². The van der Waals surface area contributed by atoms with Crippen molar-refractivity contribution in [1.82, 2.24) is 14.3 Å². The van der Waals surface area contributed by atoms with Crippen molar-refractivity contribution in [3.8, 4) is 11.1 Å². The number of alkyl halides is 6. The maximum absolute atomic E-state index is 13.7. The summed E-state index contributed by atoms with van der Waals surface area (Å²) in [4.78, 5) is 8.95. The molecule has 1 aromatic carbocycles. The number of rotatable bonds is 7. The molecule has 0 saturated carbocycles. The van der Waals surface area contributed by atoms with Crippen molar-refractivity contribution in [3.63, 3.8) is 0 Å². The van der Waals surface area contributed by atoms with Crippen LogP contribution in [-0.2, 0) is 25.6 Å². The van der Waals surface area contributed by atoms with E-state index in [4.69, 9.17) is 5.73 Å². The molecule has 1 aliphatic heterocycles. The third-order valence-corrected chi connectivity index (χ3v) is 9.01. The van der Waals surface area contributed by atoms with Gasteiger partial charge in [0.25, 0.3) is 5.60 Å². The average molecular weight is 655 g/mol. The van der Waals surface area contributed by atoms with Gasteiger partial charge in [0.15, 0.2) is 0 Å². The molecule has 0 amide bonds. The summed E-state index contributed by atoms with van der Waals surface area (Å²) in [5, 5.41) is 10.0. The van der Waals surface area contributed by atoms with Crippen LogP contribution in [0.15, 0.2) is 59.8 Å². The third-order valence-electron chi connectivity index (χ3n) is 6.52. The lowest BCUT2D eigenvalue weighted by Gasteiger charge is -2.36. The Kier molecular flexibility index (Phi) is 8.33. The lowest BCUT2D eigenvalue weighted by Crippen LogP contribution is -2.54. The lowest BCUT2D eigenvalue weighted by atomic mass is 9.91. The van der Waals surface area contributed by atoms with E-state index in [1.165, 1.54) is 41.3 Å². The number of benzene rings is 1. The SMILES string of the molecule is CS(=O)(=O)Nc1cccc(-c2cc(C(O)(C(F)(F)F)C(F)(F)F)cnc2N2CCN(S(=O)(=O)c3ccc(N)nc3)CC2)c1. The molecule has 0 atom stereocenters. The normalized spacial score (nSPS) is 15.9. The fourth-order valence-corrected chi connectivity index (χ4v) is 6.33. The van der Waals surface area contributed by atoms with Gasteiger partial charge in [-0.2, -0.15) is 30.6 Å². The van der Waals surface area contributed by atoms with Crippen LogP contribution in [-0.4, -0.2) is 81.0 Å². The molecule has 0 spiro atoms. The number of nitrogen functional groups attached to an aromatic ring is 1. The van der Waals surface area contributed by atoms with Gasteiger partial charge in [-0.3, -0.25) is 4.72 Å². The number of nitrogens with one attached hydrogen (secondary N) is 1. The van der Waals surface area contributed by atoms with Gasteiger partial charge in [-0.1, -0.05) is 12.1 Å². The second-order valence-corrected chi connectivity index (χ2v) is 13.3. The maximum atomic E-state index is 13.7. The molecule has 11 nitrogen and oxygen atoms in total. The van der Waals surface area contributed by atoms with Crippen LogP contribution < -0.4 is 15.4 Å². The van der Waals surface area contributed by atoms with Crippen LogP contribution in [0.25, 0.3) is 11.1 Å². The number of piperazine rings is 1. The van der Waals surface area contributed by atoms with E-state index >= 15 is 0 Å². The van der Waals surface area contributed by atoms with Crippen molar-refractivity contribution in [2.75, 3.05) is 47.8 Å². The summed E-state index contributed by atoms with van der Waals surface area (Å²) in [7, 11) is -7.82. The second kappa shape index (κ2) is 11.1. The zero-order valence-corrected chi connectivity index (χ0v) is 23.7. The fraction of sp³-hybridized carbons (Fsp3) is 0.333. The molecule has 0 unspecified atom stereocenters. The van der Waals surface area contributed by atoms with E-state index in [1.807, 2.05) is 0 Å². The number of hydrogen-bond donors (Lipinski definition) is 3. The maximum Gasteiger partial charge on any atom is 0.430 e. The van der Waals surface area contributed by atoms with Gasteiger partial charge in [0.05, 0.1) is 6.26 Å². The van der Waals surface area contributed by atoms with Crippen molar-refractivity contribution >= 4 is 37.4 Å². The molecule has 0 aliphatic carbocycles. The van der Waals surface area contributed by atoms with E-state index in [0.717, 1.165) is 16.8 Å². The van der Waals surface area contributed by atoms with Gasteiger partial charge in [-0.25, -0.2) is 26.8 Å². The van der Waals surface area contributed by atoms with Crippen LogP contribution in [0.1, 0.15) is 5.56 Å². The Morgan fingerprint density at radius 3 is 2.05 bits per heavy atom. The predicted octanol–water partition coefficient (Wildman–Crippen LogP) is 2.92. The highest BCUT2D eigenvalue weighted by Crippen LogP contribution is 2.51. The summed E-state index contributed by atoms with van der Waals surface area (Å²) >= 11 is 0. The average Bonchev–Trinajstić information content (AvgIpc) is 2.90. The molecule has 2 aromatic heterocycles. The van der Waals surface area contributed by atoms with Crippen LogP contribution in [0.5, 0.6) is 0 Å². The smallest absolute Gasteiger partial charge is 0.384 e. The molecule has 43 heavy (non-hydrogen) atoms. The minimum Gasteiger partial charge on any atom is -0.384 e. The number of anilines is 3. The first-order valence-electron chi connectivity index (χ1n) is 12.2. The minimum absolute atomic E-state index is 0.0345. The van der Waals surface area contributed by atoms with E-state index in [1.54, 1.807) is 0 Å². The zero-order chi connectivity index (χ0) is 32.0. The minimum atomic E-state index is -6.18. The topological polar surface area (TPSA) is 159 Å². The summed E-state index contributed by atoms with van der Waals surface area (Å²) in [6.45, 7) is -0.434. The van der Waals surface area contributed by atoms with Gasteiger partial charge in [0.2, 0.25) is 20.0 Å². The molecule has 19 heteroatoms. The molecule has 3 heterocycles. The third kappa shape index (κ3) is 6.48. The second-order valence-electron chi connectivity index (χ2n) is 9.57. The summed E-state index contributed by atoms with van der Waals surface area (Å²) in [6.07, 6.45) is -10.2. The predicted molar refractivity (Wildman–Crippen MR) is 144 cm³/mol. The monoisotopic (exact) mass is 654 g/mol. The highest BCUT2D eigenvalue weighted by Gasteiger charge is 2.71. The van der Waals surface area contributed by atoms with Crippen molar-refractivity contribution in [3.05, 3.63) is 60.4 Å². The van der Waals surface area contributed by atoms with Gasteiger partial charge >= 0.3 is 12.4 Å². The Bertz CT molecular complexity index is 1700. The molecular formula is C24H24F6N6O5S2. The van der Waals surface area contributed by atoms with E-state index in [2.05, 4.69) is 14.7 Å². The molecule has 4 rings (SSSR count). The molecule has 1 fully saturated rings. The number of aliphatic hydroxyl groups is 1. The van der Waals surface area contributed by atoms with Crippen LogP contribution in [0.3, 0.4) is 0 Å². The lowest BCUT2D eigenvalue weighted by molar-refractivity contribution is -0.376. The van der Waals surface area contributed by atoms with Crippen molar-refractivity contribution < 1.29 is 48.3 Å². The quantitative estimate of drug-likeness (QED) is 0.326. The first-order valence-corrected chi connectivity index (χ1v) is 15.5. The molecule has 3 aromatic rings. The number of aromatic nitrogens is 2. The number of nitrogens with two attached hydrogens (primary N) is 1. The summed E-state index contributed by atoms with van der Waals surface area (Å²) in [5.74, 6) is -0.0253. The number of hydrogen-bond acceptors (Lipinski definition) is 9. The van der Waals surface area contributed by atoms with Gasteiger partial charge in [0.1, 0.15) is 16.5 Å². The Labute approximate surface area is 242 Å². The van der Waals surface area contributed by atoms with Crippen LogP contribution in [0.4, 0.5) is 43.7 Å². The van der Waals surface area contributed by atoms with E-state index in [9.17, 15) is 48.3 Å². The van der Waals surface area contributed by atoms with Gasteiger partial charge < -0.3 is 15.7 Å².